The fraction of sp³-hybridized carbons (Fsp3) is 0.304. The Bertz CT molecular complexity index is 955. The van der Waals surface area contributed by atoms with E-state index < -0.39 is 17.6 Å². The lowest BCUT2D eigenvalue weighted by Gasteiger charge is -2.14. The summed E-state index contributed by atoms with van der Waals surface area (Å²) in [6.07, 6.45) is 4.97. The Morgan fingerprint density at radius 2 is 1.94 bits per heavy atom. The van der Waals surface area contributed by atoms with Gasteiger partial charge in [-0.05, 0) is 48.3 Å². The number of aliphatic carboxylic acids is 1. The molecule has 31 heavy (non-hydrogen) atoms. The first-order valence-corrected chi connectivity index (χ1v) is 10.4. The molecule has 0 aliphatic rings. The van der Waals surface area contributed by atoms with E-state index >= 15 is 0 Å². The van der Waals surface area contributed by atoms with Gasteiger partial charge in [0.1, 0.15) is 28.5 Å². The summed E-state index contributed by atoms with van der Waals surface area (Å²) in [6, 6.07) is 4.98. The molecule has 0 amide bonds. The minimum atomic E-state index is -0.891. The quantitative estimate of drug-likeness (QED) is 0.373. The third-order valence-electron chi connectivity index (χ3n) is 3.68. The standard InChI is InChI=1S/C17H16BrF2NO2.C4H6O2.C2H6/c1-3-4-7-21-11(2)8-15(16(18)17(21)22)23-10-12-5-6-13(19)9-14(12)20;1-2-3-4(5)6;1-2/h3,5-6,8-9H,1,4,7,10H2,2H3;2-3H,1H3,(H,5,6);1-2H3/b;3-2+;. The molecule has 5 nitrogen and oxygen atoms in total. The van der Waals surface area contributed by atoms with Crippen LogP contribution in [0.4, 0.5) is 8.78 Å². The molecule has 0 atom stereocenters. The van der Waals surface area contributed by atoms with Crippen molar-refractivity contribution >= 4 is 21.9 Å². The zero-order valence-electron chi connectivity index (χ0n) is 18.1. The number of aromatic nitrogens is 1. The van der Waals surface area contributed by atoms with Crippen molar-refractivity contribution in [3.63, 3.8) is 0 Å². The fourth-order valence-corrected chi connectivity index (χ4v) is 2.70. The van der Waals surface area contributed by atoms with Gasteiger partial charge in [0.15, 0.2) is 0 Å². The average Bonchev–Trinajstić information content (AvgIpc) is 2.72. The molecule has 0 aliphatic carbocycles. The van der Waals surface area contributed by atoms with Crippen LogP contribution in [0, 0.1) is 18.6 Å². The number of rotatable bonds is 7. The first-order chi connectivity index (χ1) is 14.7. The van der Waals surface area contributed by atoms with Gasteiger partial charge >= 0.3 is 5.97 Å². The Kier molecular flexibility index (Phi) is 13.8. The van der Waals surface area contributed by atoms with Crippen molar-refractivity contribution in [1.29, 1.82) is 0 Å². The van der Waals surface area contributed by atoms with Gasteiger partial charge in [0.2, 0.25) is 0 Å². The maximum Gasteiger partial charge on any atom is 0.327 e. The van der Waals surface area contributed by atoms with Gasteiger partial charge in [0, 0.05) is 36.0 Å². The lowest BCUT2D eigenvalue weighted by Crippen LogP contribution is -2.23. The summed E-state index contributed by atoms with van der Waals surface area (Å²) >= 11 is 3.22. The Morgan fingerprint density at radius 3 is 2.42 bits per heavy atom. The first-order valence-electron chi connectivity index (χ1n) is 9.64. The molecule has 2 rings (SSSR count). The van der Waals surface area contributed by atoms with Crippen LogP contribution in [-0.4, -0.2) is 15.6 Å². The highest BCUT2D eigenvalue weighted by Crippen LogP contribution is 2.24. The van der Waals surface area contributed by atoms with E-state index in [1.165, 1.54) is 12.1 Å². The number of halogens is 3. The second-order valence-electron chi connectivity index (χ2n) is 5.86. The maximum absolute atomic E-state index is 13.6. The molecule has 2 aromatic rings. The monoisotopic (exact) mass is 499 g/mol. The topological polar surface area (TPSA) is 68.5 Å². The van der Waals surface area contributed by atoms with E-state index in [1.807, 2.05) is 13.8 Å². The van der Waals surface area contributed by atoms with E-state index in [0.29, 0.717) is 18.7 Å². The molecule has 1 N–H and O–H groups in total. The number of benzene rings is 1. The van der Waals surface area contributed by atoms with Crippen LogP contribution in [0.15, 0.2) is 58.3 Å². The van der Waals surface area contributed by atoms with Gasteiger partial charge in [-0.15, -0.1) is 6.58 Å². The zero-order valence-corrected chi connectivity index (χ0v) is 19.7. The molecular weight excluding hydrogens is 472 g/mol. The van der Waals surface area contributed by atoms with Crippen LogP contribution >= 0.6 is 15.9 Å². The third kappa shape index (κ3) is 9.74. The lowest BCUT2D eigenvalue weighted by molar-refractivity contribution is -0.131. The molecule has 0 spiro atoms. The number of carboxylic acids is 1. The molecule has 0 saturated carbocycles. The fourth-order valence-electron chi connectivity index (χ4n) is 2.26. The summed E-state index contributed by atoms with van der Waals surface area (Å²) in [7, 11) is 0. The van der Waals surface area contributed by atoms with Gasteiger partial charge in [-0.3, -0.25) is 4.79 Å². The van der Waals surface area contributed by atoms with Gasteiger partial charge in [0.25, 0.3) is 5.56 Å². The van der Waals surface area contributed by atoms with Crippen LogP contribution in [0.2, 0.25) is 0 Å². The molecule has 1 aromatic carbocycles. The highest BCUT2D eigenvalue weighted by Gasteiger charge is 2.13. The van der Waals surface area contributed by atoms with Gasteiger partial charge < -0.3 is 14.4 Å². The summed E-state index contributed by atoms with van der Waals surface area (Å²) < 4.78 is 33.9. The lowest BCUT2D eigenvalue weighted by atomic mass is 10.2. The number of aryl methyl sites for hydroxylation is 1. The van der Waals surface area contributed by atoms with Crippen LogP contribution in [-0.2, 0) is 17.9 Å². The van der Waals surface area contributed by atoms with Crippen molar-refractivity contribution in [3.8, 4) is 5.75 Å². The highest BCUT2D eigenvalue weighted by atomic mass is 79.9. The Hall–Kier alpha value is -2.74. The summed E-state index contributed by atoms with van der Waals surface area (Å²) in [6.45, 7) is 11.5. The number of pyridine rings is 1. The molecule has 8 heteroatoms. The largest absolute Gasteiger partial charge is 0.487 e. The van der Waals surface area contributed by atoms with Crippen LogP contribution in [0.1, 0.15) is 38.4 Å². The molecule has 0 fully saturated rings. The molecule has 170 valence electrons. The smallest absolute Gasteiger partial charge is 0.327 e. The highest BCUT2D eigenvalue weighted by molar-refractivity contribution is 9.10. The van der Waals surface area contributed by atoms with Crippen LogP contribution < -0.4 is 10.3 Å². The number of nitrogens with zero attached hydrogens (tertiary/aromatic N) is 1. The van der Waals surface area contributed by atoms with Crippen molar-refractivity contribution in [2.75, 3.05) is 0 Å². The Morgan fingerprint density at radius 1 is 1.29 bits per heavy atom. The summed E-state index contributed by atoms with van der Waals surface area (Å²) in [4.78, 5) is 21.8. The zero-order chi connectivity index (χ0) is 24.0. The molecule has 1 heterocycles. The number of hydrogen-bond donors (Lipinski definition) is 1. The number of carbonyl (C=O) groups is 1. The first kappa shape index (κ1) is 28.3. The summed E-state index contributed by atoms with van der Waals surface area (Å²) in [5.41, 5.74) is 0.725. The number of hydrogen-bond acceptors (Lipinski definition) is 3. The Balaban J connectivity index is 0.000000970. The predicted molar refractivity (Wildman–Crippen MR) is 122 cm³/mol. The van der Waals surface area contributed by atoms with E-state index in [2.05, 4.69) is 22.5 Å². The predicted octanol–water partition coefficient (Wildman–Crippen LogP) is 6.03. The molecule has 0 bridgehead atoms. The second kappa shape index (κ2) is 15.1. The van der Waals surface area contributed by atoms with E-state index in [-0.39, 0.29) is 22.2 Å². The number of carboxylic acid groups (broad SMARTS) is 1. The molecular formula is C23H28BrF2NO4. The van der Waals surface area contributed by atoms with Gasteiger partial charge in [-0.25, -0.2) is 13.6 Å². The number of allylic oxidation sites excluding steroid dienone is 2. The maximum atomic E-state index is 13.6. The van der Waals surface area contributed by atoms with Crippen molar-refractivity contribution in [3.05, 3.63) is 86.8 Å². The third-order valence-corrected chi connectivity index (χ3v) is 4.41. The molecule has 0 unspecified atom stereocenters. The Labute approximate surface area is 189 Å². The van der Waals surface area contributed by atoms with Crippen molar-refractivity contribution < 1.29 is 23.4 Å². The minimum absolute atomic E-state index is 0.0970. The molecule has 0 saturated heterocycles. The van der Waals surface area contributed by atoms with Gasteiger partial charge in [-0.1, -0.05) is 26.0 Å². The average molecular weight is 500 g/mol. The molecule has 1 aromatic heterocycles. The van der Waals surface area contributed by atoms with Crippen molar-refractivity contribution in [2.24, 2.45) is 0 Å². The van der Waals surface area contributed by atoms with E-state index in [4.69, 9.17) is 9.84 Å². The summed E-state index contributed by atoms with van der Waals surface area (Å²) in [5.74, 6) is -1.89. The minimum Gasteiger partial charge on any atom is -0.487 e. The molecule has 0 aliphatic heterocycles. The van der Waals surface area contributed by atoms with E-state index in [0.717, 1.165) is 23.9 Å². The van der Waals surface area contributed by atoms with Crippen molar-refractivity contribution in [2.45, 2.75) is 47.3 Å². The normalized spacial score (nSPS) is 9.90. The van der Waals surface area contributed by atoms with Crippen LogP contribution in [0.5, 0.6) is 5.75 Å². The molecule has 0 radical (unpaired) electrons. The van der Waals surface area contributed by atoms with Gasteiger partial charge in [-0.2, -0.15) is 0 Å². The second-order valence-corrected chi connectivity index (χ2v) is 6.65. The van der Waals surface area contributed by atoms with Crippen LogP contribution in [0.3, 0.4) is 0 Å². The van der Waals surface area contributed by atoms with Gasteiger partial charge in [0.05, 0.1) is 0 Å². The van der Waals surface area contributed by atoms with Crippen LogP contribution in [0.25, 0.3) is 0 Å². The van der Waals surface area contributed by atoms with E-state index in [1.54, 1.807) is 30.6 Å². The summed E-state index contributed by atoms with van der Waals surface area (Å²) in [5, 5.41) is 7.83. The van der Waals surface area contributed by atoms with E-state index in [9.17, 15) is 18.4 Å². The van der Waals surface area contributed by atoms with Crippen molar-refractivity contribution in [1.82, 2.24) is 4.57 Å². The SMILES string of the molecule is C/C=C/C(=O)O.C=CCCn1c(C)cc(OCc2ccc(F)cc2F)c(Br)c1=O.CC. The number of ether oxygens (including phenoxy) is 1.